The number of carbonyl (C=O) groups is 1. The largest absolute Gasteiger partial charge is 0.465 e. The summed E-state index contributed by atoms with van der Waals surface area (Å²) in [6.07, 6.45) is -1.70. The number of aliphatic hydroxyl groups is 1. The van der Waals surface area contributed by atoms with E-state index in [0.717, 1.165) is 5.76 Å². The summed E-state index contributed by atoms with van der Waals surface area (Å²) < 4.78 is 5.35. The number of aryl methyl sites for hydroxylation is 1. The third-order valence-corrected chi connectivity index (χ3v) is 3.07. The average molecular weight is 225 g/mol. The summed E-state index contributed by atoms with van der Waals surface area (Å²) >= 11 is 0. The molecule has 88 valence electrons. The van der Waals surface area contributed by atoms with Gasteiger partial charge in [-0.15, -0.1) is 0 Å². The lowest BCUT2D eigenvalue weighted by Crippen LogP contribution is -2.59. The van der Waals surface area contributed by atoms with Crippen LogP contribution in [0, 0.1) is 12.3 Å². The molecule has 0 aliphatic carbocycles. The van der Waals surface area contributed by atoms with E-state index in [0.29, 0.717) is 18.8 Å². The van der Waals surface area contributed by atoms with Gasteiger partial charge in [-0.25, -0.2) is 4.79 Å². The van der Waals surface area contributed by atoms with Crippen LogP contribution in [0.5, 0.6) is 0 Å². The molecule has 1 atom stereocenters. The van der Waals surface area contributed by atoms with Gasteiger partial charge in [0.1, 0.15) is 17.6 Å². The number of furan rings is 1. The Balaban J connectivity index is 2.06. The zero-order valence-corrected chi connectivity index (χ0v) is 9.30. The van der Waals surface area contributed by atoms with Crippen molar-refractivity contribution in [3.8, 4) is 0 Å². The van der Waals surface area contributed by atoms with Crippen molar-refractivity contribution >= 4 is 6.09 Å². The monoisotopic (exact) mass is 225 g/mol. The number of rotatable bonds is 2. The molecule has 0 bridgehead atoms. The van der Waals surface area contributed by atoms with E-state index in [1.807, 2.05) is 13.8 Å². The van der Waals surface area contributed by atoms with E-state index in [1.54, 1.807) is 12.1 Å². The molecular formula is C11H15NO4. The van der Waals surface area contributed by atoms with Gasteiger partial charge in [-0.05, 0) is 19.1 Å². The normalized spacial score (nSPS) is 20.3. The van der Waals surface area contributed by atoms with Gasteiger partial charge in [0.25, 0.3) is 0 Å². The highest BCUT2D eigenvalue weighted by Gasteiger charge is 2.48. The van der Waals surface area contributed by atoms with Crippen molar-refractivity contribution in [2.75, 3.05) is 13.1 Å². The van der Waals surface area contributed by atoms with Gasteiger partial charge >= 0.3 is 6.09 Å². The number of aliphatic hydroxyl groups excluding tert-OH is 1. The number of likely N-dealkylation sites (tertiary alicyclic amines) is 1. The van der Waals surface area contributed by atoms with Gasteiger partial charge in [-0.1, -0.05) is 6.92 Å². The van der Waals surface area contributed by atoms with Crippen molar-refractivity contribution in [3.05, 3.63) is 23.7 Å². The van der Waals surface area contributed by atoms with Crippen molar-refractivity contribution in [1.29, 1.82) is 0 Å². The van der Waals surface area contributed by atoms with Crippen LogP contribution < -0.4 is 0 Å². The number of amides is 1. The Morgan fingerprint density at radius 2 is 2.19 bits per heavy atom. The first kappa shape index (κ1) is 11.0. The van der Waals surface area contributed by atoms with Crippen molar-refractivity contribution in [2.24, 2.45) is 5.41 Å². The van der Waals surface area contributed by atoms with Gasteiger partial charge in [0.15, 0.2) is 0 Å². The van der Waals surface area contributed by atoms with Gasteiger partial charge in [0, 0.05) is 18.5 Å². The summed E-state index contributed by atoms with van der Waals surface area (Å²) in [6, 6.07) is 3.52. The Morgan fingerprint density at radius 3 is 2.62 bits per heavy atom. The standard InChI is InChI=1S/C11H15NO4/c1-7-3-4-8(16-7)9(13)11(2)5-12(6-11)10(14)15/h3-4,9,13H,5-6H2,1-2H3,(H,14,15). The first-order valence-corrected chi connectivity index (χ1v) is 5.15. The smallest absolute Gasteiger partial charge is 0.407 e. The molecule has 1 aromatic heterocycles. The Hall–Kier alpha value is -1.49. The molecule has 1 unspecified atom stereocenters. The molecule has 1 fully saturated rings. The average Bonchev–Trinajstić information content (AvgIpc) is 2.58. The van der Waals surface area contributed by atoms with Crippen LogP contribution in [-0.2, 0) is 0 Å². The molecule has 2 rings (SSSR count). The van der Waals surface area contributed by atoms with E-state index in [2.05, 4.69) is 0 Å². The van der Waals surface area contributed by atoms with E-state index in [4.69, 9.17) is 9.52 Å². The van der Waals surface area contributed by atoms with Crippen molar-refractivity contribution in [3.63, 3.8) is 0 Å². The van der Waals surface area contributed by atoms with E-state index in [9.17, 15) is 9.90 Å². The first-order chi connectivity index (χ1) is 7.42. The molecule has 1 amide bonds. The second-order valence-corrected chi connectivity index (χ2v) is 4.64. The van der Waals surface area contributed by atoms with Gasteiger partial charge < -0.3 is 19.5 Å². The first-order valence-electron chi connectivity index (χ1n) is 5.15. The second-order valence-electron chi connectivity index (χ2n) is 4.64. The minimum atomic E-state index is -0.944. The molecule has 2 N–H and O–H groups in total. The third-order valence-electron chi connectivity index (χ3n) is 3.07. The highest BCUT2D eigenvalue weighted by molar-refractivity contribution is 5.66. The molecule has 0 radical (unpaired) electrons. The van der Waals surface area contributed by atoms with Crippen LogP contribution in [0.15, 0.2) is 16.5 Å². The van der Waals surface area contributed by atoms with Crippen LogP contribution in [0.3, 0.4) is 0 Å². The summed E-state index contributed by atoms with van der Waals surface area (Å²) in [6.45, 7) is 4.34. The summed E-state index contributed by atoms with van der Waals surface area (Å²) in [5.74, 6) is 1.25. The minimum absolute atomic E-state index is 0.337. The molecular weight excluding hydrogens is 210 g/mol. The predicted octanol–water partition coefficient (Wildman–Crippen LogP) is 1.62. The zero-order valence-electron chi connectivity index (χ0n) is 9.30. The molecule has 0 aromatic carbocycles. The number of hydrogen-bond acceptors (Lipinski definition) is 3. The van der Waals surface area contributed by atoms with Gasteiger partial charge in [-0.2, -0.15) is 0 Å². The van der Waals surface area contributed by atoms with Crippen molar-refractivity contribution in [2.45, 2.75) is 20.0 Å². The van der Waals surface area contributed by atoms with Crippen LogP contribution >= 0.6 is 0 Å². The molecule has 0 saturated carbocycles. The lowest BCUT2D eigenvalue weighted by atomic mass is 9.76. The molecule has 16 heavy (non-hydrogen) atoms. The number of hydrogen-bond donors (Lipinski definition) is 2. The molecule has 1 aliphatic rings. The van der Waals surface area contributed by atoms with E-state index in [1.165, 1.54) is 4.90 Å². The van der Waals surface area contributed by atoms with Gasteiger partial charge in [0.05, 0.1) is 0 Å². The quantitative estimate of drug-likeness (QED) is 0.802. The predicted molar refractivity (Wildman–Crippen MR) is 56.1 cm³/mol. The fraction of sp³-hybridized carbons (Fsp3) is 0.545. The Morgan fingerprint density at radius 1 is 1.56 bits per heavy atom. The lowest BCUT2D eigenvalue weighted by molar-refractivity contribution is -0.0782. The maximum absolute atomic E-state index is 10.7. The van der Waals surface area contributed by atoms with Crippen LogP contribution in [-0.4, -0.2) is 34.3 Å². The lowest BCUT2D eigenvalue weighted by Gasteiger charge is -2.48. The SMILES string of the molecule is Cc1ccc(C(O)C2(C)CN(C(=O)O)C2)o1. The molecule has 2 heterocycles. The maximum Gasteiger partial charge on any atom is 0.407 e. The molecule has 1 aromatic rings. The van der Waals surface area contributed by atoms with Crippen LogP contribution in [0.1, 0.15) is 24.5 Å². The highest BCUT2D eigenvalue weighted by Crippen LogP contribution is 2.42. The number of carboxylic acid groups (broad SMARTS) is 1. The summed E-state index contributed by atoms with van der Waals surface area (Å²) in [5, 5.41) is 18.8. The van der Waals surface area contributed by atoms with E-state index < -0.39 is 17.6 Å². The summed E-state index contributed by atoms with van der Waals surface area (Å²) in [7, 11) is 0. The molecule has 1 aliphatic heterocycles. The Kier molecular flexibility index (Phi) is 2.42. The van der Waals surface area contributed by atoms with Crippen LogP contribution in [0.4, 0.5) is 4.79 Å². The molecule has 0 spiro atoms. The van der Waals surface area contributed by atoms with Crippen LogP contribution in [0.2, 0.25) is 0 Å². The second kappa shape index (κ2) is 3.52. The Bertz CT molecular complexity index is 406. The molecule has 5 nitrogen and oxygen atoms in total. The summed E-state index contributed by atoms with van der Waals surface area (Å²) in [5.41, 5.74) is -0.442. The van der Waals surface area contributed by atoms with E-state index >= 15 is 0 Å². The van der Waals surface area contributed by atoms with Gasteiger partial charge in [-0.3, -0.25) is 0 Å². The van der Waals surface area contributed by atoms with Gasteiger partial charge in [0.2, 0.25) is 0 Å². The van der Waals surface area contributed by atoms with Crippen molar-refractivity contribution < 1.29 is 19.4 Å². The fourth-order valence-corrected chi connectivity index (χ4v) is 2.08. The summed E-state index contributed by atoms with van der Waals surface area (Å²) in [4.78, 5) is 11.9. The zero-order chi connectivity index (χ0) is 11.9. The highest BCUT2D eigenvalue weighted by atomic mass is 16.4. The fourth-order valence-electron chi connectivity index (χ4n) is 2.08. The maximum atomic E-state index is 10.7. The topological polar surface area (TPSA) is 73.9 Å². The minimum Gasteiger partial charge on any atom is -0.465 e. The van der Waals surface area contributed by atoms with E-state index in [-0.39, 0.29) is 0 Å². The molecule has 1 saturated heterocycles. The molecule has 5 heteroatoms. The Labute approximate surface area is 93.3 Å². The third kappa shape index (κ3) is 1.67. The number of nitrogens with zero attached hydrogens (tertiary/aromatic N) is 1. The van der Waals surface area contributed by atoms with Crippen molar-refractivity contribution in [1.82, 2.24) is 4.90 Å². The van der Waals surface area contributed by atoms with Crippen LogP contribution in [0.25, 0.3) is 0 Å².